The Kier molecular flexibility index (Phi) is 10.5. The Bertz CT molecular complexity index is 707. The molecular formula is C23H32Cl2O5. The molecule has 0 unspecified atom stereocenters. The number of carbonyl (C=O) groups excluding carboxylic acids is 1. The van der Waals surface area contributed by atoms with E-state index in [4.69, 9.17) is 32.7 Å². The van der Waals surface area contributed by atoms with Crippen LogP contribution in [0.15, 0.2) is 30.4 Å². The second kappa shape index (κ2) is 12.6. The average molecular weight is 459 g/mol. The van der Waals surface area contributed by atoms with Gasteiger partial charge in [0, 0.05) is 22.7 Å². The summed E-state index contributed by atoms with van der Waals surface area (Å²) in [5.41, 5.74) is 0.677. The molecule has 0 heterocycles. The van der Waals surface area contributed by atoms with Crippen LogP contribution in [0.1, 0.15) is 51.5 Å². The van der Waals surface area contributed by atoms with Crippen LogP contribution >= 0.6 is 23.2 Å². The highest BCUT2D eigenvalue weighted by Crippen LogP contribution is 2.39. The monoisotopic (exact) mass is 458 g/mol. The first-order chi connectivity index (χ1) is 14.3. The standard InChI is InChI=1S/C23H32Cl2O5/c1-15(2)30-23(28)8-6-4-3-5-7-19-20(22(27)12-21(19)25)14-29-18-10-16(13-26)9-17(24)11-18/h3,5,9-11,15,19-22,26-27H,4,6-8,12-14H2,1-2H3/t19-,20-,21-,22-/m1/s1. The largest absolute Gasteiger partial charge is 0.493 e. The van der Waals surface area contributed by atoms with Crippen LogP contribution in [0.5, 0.6) is 5.75 Å². The maximum absolute atomic E-state index is 11.5. The van der Waals surface area contributed by atoms with Crippen molar-refractivity contribution in [2.45, 2.75) is 70.1 Å². The van der Waals surface area contributed by atoms with Crippen molar-refractivity contribution in [2.75, 3.05) is 6.61 Å². The summed E-state index contributed by atoms with van der Waals surface area (Å²) in [4.78, 5) is 11.5. The zero-order chi connectivity index (χ0) is 22.1. The van der Waals surface area contributed by atoms with Crippen LogP contribution in [0, 0.1) is 11.8 Å². The second-order valence-corrected chi connectivity index (χ2v) is 9.05. The molecule has 1 aliphatic rings. The summed E-state index contributed by atoms with van der Waals surface area (Å²) in [6, 6.07) is 5.12. The first-order valence-corrected chi connectivity index (χ1v) is 11.3. The van der Waals surface area contributed by atoms with Gasteiger partial charge in [0.25, 0.3) is 0 Å². The third-order valence-corrected chi connectivity index (χ3v) is 5.95. The molecule has 30 heavy (non-hydrogen) atoms. The van der Waals surface area contributed by atoms with Crippen LogP contribution < -0.4 is 4.74 Å². The number of benzene rings is 1. The molecule has 2 N–H and O–H groups in total. The van der Waals surface area contributed by atoms with Gasteiger partial charge in [-0.3, -0.25) is 4.79 Å². The van der Waals surface area contributed by atoms with Gasteiger partial charge >= 0.3 is 5.97 Å². The van der Waals surface area contributed by atoms with Crippen molar-refractivity contribution in [2.24, 2.45) is 11.8 Å². The Balaban J connectivity index is 1.82. The quantitative estimate of drug-likeness (QED) is 0.213. The van der Waals surface area contributed by atoms with E-state index in [0.29, 0.717) is 35.8 Å². The molecule has 0 radical (unpaired) electrons. The van der Waals surface area contributed by atoms with Crippen LogP contribution in [0.2, 0.25) is 5.02 Å². The second-order valence-electron chi connectivity index (χ2n) is 8.05. The van der Waals surface area contributed by atoms with Crippen molar-refractivity contribution in [1.82, 2.24) is 0 Å². The molecule has 2 rings (SSSR count). The van der Waals surface area contributed by atoms with Crippen LogP contribution in [0.25, 0.3) is 0 Å². The molecule has 4 atom stereocenters. The Labute approximate surface area is 189 Å². The minimum atomic E-state index is -0.520. The number of carbonyl (C=O) groups is 1. The lowest BCUT2D eigenvalue weighted by Gasteiger charge is -2.23. The Morgan fingerprint density at radius 3 is 2.73 bits per heavy atom. The van der Waals surface area contributed by atoms with Crippen LogP contribution in [-0.2, 0) is 16.1 Å². The minimum Gasteiger partial charge on any atom is -0.493 e. The molecule has 5 nitrogen and oxygen atoms in total. The van der Waals surface area contributed by atoms with Crippen LogP contribution in [0.3, 0.4) is 0 Å². The Morgan fingerprint density at radius 2 is 2.03 bits per heavy atom. The van der Waals surface area contributed by atoms with Gasteiger partial charge in [0.15, 0.2) is 0 Å². The number of ether oxygens (including phenoxy) is 2. The number of alkyl halides is 1. The van der Waals surface area contributed by atoms with Crippen molar-refractivity contribution >= 4 is 29.2 Å². The number of rotatable bonds is 11. The molecule has 0 bridgehead atoms. The van der Waals surface area contributed by atoms with Gasteiger partial charge in [-0.25, -0.2) is 0 Å². The van der Waals surface area contributed by atoms with E-state index in [0.717, 1.165) is 19.3 Å². The number of aliphatic hydroxyl groups excluding tert-OH is 2. The SMILES string of the molecule is CC(C)OC(=O)CCCC=CC[C@@H]1[C@@H](COc2cc(Cl)cc(CO)c2)[C@H](O)C[C@H]1Cl. The predicted octanol–water partition coefficient (Wildman–Crippen LogP) is 4.88. The van der Waals surface area contributed by atoms with Gasteiger partial charge in [0.05, 0.1) is 25.4 Å². The molecule has 168 valence electrons. The predicted molar refractivity (Wildman–Crippen MR) is 119 cm³/mol. The molecule has 1 aliphatic carbocycles. The van der Waals surface area contributed by atoms with Crippen molar-refractivity contribution < 1.29 is 24.5 Å². The van der Waals surface area contributed by atoms with Crippen molar-refractivity contribution in [3.05, 3.63) is 40.9 Å². The Hall–Kier alpha value is -1.27. The van der Waals surface area contributed by atoms with Crippen molar-refractivity contribution in [1.29, 1.82) is 0 Å². The van der Waals surface area contributed by atoms with E-state index >= 15 is 0 Å². The molecule has 1 fully saturated rings. The summed E-state index contributed by atoms with van der Waals surface area (Å²) >= 11 is 12.5. The number of unbranched alkanes of at least 4 members (excludes halogenated alkanes) is 1. The molecule has 0 spiro atoms. The third kappa shape index (κ3) is 8.10. The van der Waals surface area contributed by atoms with E-state index in [1.807, 2.05) is 13.8 Å². The van der Waals surface area contributed by atoms with E-state index in [-0.39, 0.29) is 35.9 Å². The first kappa shape index (κ1) is 25.0. The molecule has 1 aromatic rings. The fourth-order valence-electron chi connectivity index (χ4n) is 3.74. The lowest BCUT2D eigenvalue weighted by atomic mass is 9.92. The summed E-state index contributed by atoms with van der Waals surface area (Å²) in [6.07, 6.45) is 6.75. The number of esters is 1. The minimum absolute atomic E-state index is 0.0798. The fourth-order valence-corrected chi connectivity index (χ4v) is 4.46. The molecule has 0 saturated heterocycles. The van der Waals surface area contributed by atoms with E-state index < -0.39 is 6.10 Å². The van der Waals surface area contributed by atoms with E-state index in [1.165, 1.54) is 0 Å². The van der Waals surface area contributed by atoms with E-state index in [1.54, 1.807) is 18.2 Å². The Morgan fingerprint density at radius 1 is 1.27 bits per heavy atom. The van der Waals surface area contributed by atoms with Gasteiger partial charge in [-0.2, -0.15) is 0 Å². The molecular weight excluding hydrogens is 427 g/mol. The maximum atomic E-state index is 11.5. The molecule has 0 aromatic heterocycles. The average Bonchev–Trinajstić information content (AvgIpc) is 2.94. The summed E-state index contributed by atoms with van der Waals surface area (Å²) in [6.45, 7) is 3.90. The van der Waals surface area contributed by atoms with Gasteiger partial charge < -0.3 is 19.7 Å². The molecule has 0 aliphatic heterocycles. The summed E-state index contributed by atoms with van der Waals surface area (Å²) in [5.74, 6) is 0.412. The first-order valence-electron chi connectivity index (χ1n) is 10.5. The van der Waals surface area contributed by atoms with Gasteiger partial charge in [-0.1, -0.05) is 23.8 Å². The summed E-state index contributed by atoms with van der Waals surface area (Å²) in [5, 5.41) is 20.1. The van der Waals surface area contributed by atoms with Gasteiger partial charge in [-0.15, -0.1) is 11.6 Å². The van der Waals surface area contributed by atoms with Crippen LogP contribution in [0.4, 0.5) is 0 Å². The van der Waals surface area contributed by atoms with Crippen LogP contribution in [-0.4, -0.2) is 40.4 Å². The molecule has 1 aromatic carbocycles. The maximum Gasteiger partial charge on any atom is 0.306 e. The molecule has 0 amide bonds. The number of allylic oxidation sites excluding steroid dienone is 2. The summed E-state index contributed by atoms with van der Waals surface area (Å²) < 4.78 is 11.0. The summed E-state index contributed by atoms with van der Waals surface area (Å²) in [7, 11) is 0. The fraction of sp³-hybridized carbons (Fsp3) is 0.609. The highest BCUT2D eigenvalue weighted by Gasteiger charge is 2.41. The number of halogens is 2. The zero-order valence-electron chi connectivity index (χ0n) is 17.6. The normalized spacial score (nSPS) is 24.0. The van der Waals surface area contributed by atoms with Crippen molar-refractivity contribution in [3.63, 3.8) is 0 Å². The smallest absolute Gasteiger partial charge is 0.306 e. The van der Waals surface area contributed by atoms with Gasteiger partial charge in [0.1, 0.15) is 5.75 Å². The number of aliphatic hydroxyl groups is 2. The molecule has 7 heteroatoms. The van der Waals surface area contributed by atoms with Gasteiger partial charge in [0.2, 0.25) is 0 Å². The topological polar surface area (TPSA) is 76.0 Å². The highest BCUT2D eigenvalue weighted by molar-refractivity contribution is 6.30. The van der Waals surface area contributed by atoms with Gasteiger partial charge in [-0.05, 0) is 69.2 Å². The lowest BCUT2D eigenvalue weighted by Crippen LogP contribution is -2.27. The van der Waals surface area contributed by atoms with E-state index in [2.05, 4.69) is 12.2 Å². The highest BCUT2D eigenvalue weighted by atomic mass is 35.5. The number of hydrogen-bond donors (Lipinski definition) is 2. The van der Waals surface area contributed by atoms with E-state index in [9.17, 15) is 15.0 Å². The zero-order valence-corrected chi connectivity index (χ0v) is 19.1. The molecule has 1 saturated carbocycles. The lowest BCUT2D eigenvalue weighted by molar-refractivity contribution is -0.147. The third-order valence-electron chi connectivity index (χ3n) is 5.23. The van der Waals surface area contributed by atoms with Crippen molar-refractivity contribution in [3.8, 4) is 5.75 Å². The number of hydrogen-bond acceptors (Lipinski definition) is 5.